The van der Waals surface area contributed by atoms with Crippen LogP contribution in [0.2, 0.25) is 0 Å². The molecule has 0 unspecified atom stereocenters. The Morgan fingerprint density at radius 2 is 1.70 bits per heavy atom. The number of hydrogen-bond acceptors (Lipinski definition) is 4. The van der Waals surface area contributed by atoms with Crippen LogP contribution in [0.15, 0.2) is 77.8 Å². The number of fused-ring (bicyclic) bond motifs is 2. The van der Waals surface area contributed by atoms with Gasteiger partial charge in [0.05, 0.1) is 12.0 Å². The third-order valence-electron chi connectivity index (χ3n) is 5.43. The van der Waals surface area contributed by atoms with E-state index in [1.807, 2.05) is 72.8 Å². The number of benzene rings is 3. The molecule has 0 spiro atoms. The van der Waals surface area contributed by atoms with Gasteiger partial charge in [0, 0.05) is 18.8 Å². The summed E-state index contributed by atoms with van der Waals surface area (Å²) < 4.78 is 6.19. The number of aliphatic imine (C=N–C) groups is 1. The molecule has 0 saturated carbocycles. The van der Waals surface area contributed by atoms with Crippen LogP contribution < -0.4 is 10.1 Å². The second-order valence-corrected chi connectivity index (χ2v) is 7.62. The third-order valence-corrected chi connectivity index (χ3v) is 5.43. The molecule has 5 heteroatoms. The molecule has 2 heterocycles. The van der Waals surface area contributed by atoms with E-state index in [-0.39, 0.29) is 5.91 Å². The molecule has 150 valence electrons. The number of para-hydroxylation sites is 2. The molecule has 1 amide bonds. The number of ether oxygens (including phenoxy) is 1. The maximum absolute atomic E-state index is 12.6. The summed E-state index contributed by atoms with van der Waals surface area (Å²) in [5.41, 5.74) is 3.47. The van der Waals surface area contributed by atoms with Crippen molar-refractivity contribution in [1.82, 2.24) is 4.90 Å². The second-order valence-electron chi connectivity index (χ2n) is 7.62. The number of amides is 1. The van der Waals surface area contributed by atoms with Crippen LogP contribution in [0.1, 0.15) is 24.0 Å². The molecule has 2 aliphatic rings. The largest absolute Gasteiger partial charge is 0.454 e. The van der Waals surface area contributed by atoms with Crippen molar-refractivity contribution >= 4 is 23.1 Å². The Bertz CT molecular complexity index is 1100. The Balaban J connectivity index is 1.47. The third kappa shape index (κ3) is 3.79. The molecule has 3 aromatic carbocycles. The lowest BCUT2D eigenvalue weighted by molar-refractivity contribution is -0.115. The minimum Gasteiger partial charge on any atom is -0.454 e. The lowest BCUT2D eigenvalue weighted by Crippen LogP contribution is -2.28. The van der Waals surface area contributed by atoms with Gasteiger partial charge in [0.1, 0.15) is 17.3 Å². The highest BCUT2D eigenvalue weighted by molar-refractivity contribution is 6.05. The van der Waals surface area contributed by atoms with Gasteiger partial charge in [0.15, 0.2) is 5.75 Å². The van der Waals surface area contributed by atoms with E-state index in [2.05, 4.69) is 10.2 Å². The van der Waals surface area contributed by atoms with E-state index >= 15 is 0 Å². The summed E-state index contributed by atoms with van der Waals surface area (Å²) in [4.78, 5) is 19.8. The number of carbonyl (C=O) groups is 1. The molecule has 0 atom stereocenters. The standard InChI is InChI=1S/C25H23N3O2/c29-24(16-18-8-2-1-3-9-18)26-19-12-13-22-20(17-19)25(28-14-6-7-15-28)27-21-10-4-5-11-23(21)30-22/h1-5,8-13,17H,6-7,14-16H2,(H,26,29). The number of nitrogens with one attached hydrogen (secondary N) is 1. The summed E-state index contributed by atoms with van der Waals surface area (Å²) in [6.45, 7) is 1.95. The lowest BCUT2D eigenvalue weighted by Gasteiger charge is -2.21. The van der Waals surface area contributed by atoms with Gasteiger partial charge in [0.25, 0.3) is 0 Å². The molecule has 0 bridgehead atoms. The SMILES string of the molecule is O=C(Cc1ccccc1)Nc1ccc2c(c1)C(N1CCCC1)=Nc1ccccc1O2. The van der Waals surface area contributed by atoms with Gasteiger partial charge < -0.3 is 15.0 Å². The maximum Gasteiger partial charge on any atom is 0.228 e. The maximum atomic E-state index is 12.6. The van der Waals surface area contributed by atoms with Crippen molar-refractivity contribution in [3.8, 4) is 11.5 Å². The van der Waals surface area contributed by atoms with Gasteiger partial charge in [-0.25, -0.2) is 4.99 Å². The van der Waals surface area contributed by atoms with Gasteiger partial charge >= 0.3 is 0 Å². The van der Waals surface area contributed by atoms with Crippen LogP contribution in [0.3, 0.4) is 0 Å². The molecule has 1 fully saturated rings. The monoisotopic (exact) mass is 397 g/mol. The van der Waals surface area contributed by atoms with Crippen molar-refractivity contribution < 1.29 is 9.53 Å². The van der Waals surface area contributed by atoms with E-state index in [0.717, 1.165) is 65.8 Å². The average Bonchev–Trinajstić information content (AvgIpc) is 3.24. The first-order chi connectivity index (χ1) is 14.8. The topological polar surface area (TPSA) is 53.9 Å². The lowest BCUT2D eigenvalue weighted by atomic mass is 10.1. The Hall–Kier alpha value is -3.60. The van der Waals surface area contributed by atoms with Crippen LogP contribution in [0.25, 0.3) is 0 Å². The molecular weight excluding hydrogens is 374 g/mol. The number of carbonyl (C=O) groups excluding carboxylic acids is 1. The molecule has 1 saturated heterocycles. The van der Waals surface area contributed by atoms with Crippen molar-refractivity contribution in [2.75, 3.05) is 18.4 Å². The minimum atomic E-state index is -0.0429. The summed E-state index contributed by atoms with van der Waals surface area (Å²) >= 11 is 0. The number of rotatable bonds is 3. The summed E-state index contributed by atoms with van der Waals surface area (Å²) in [6, 6.07) is 23.4. The van der Waals surface area contributed by atoms with Gasteiger partial charge in [-0.15, -0.1) is 0 Å². The molecule has 0 aromatic heterocycles. The zero-order valence-electron chi connectivity index (χ0n) is 16.7. The van der Waals surface area contributed by atoms with Gasteiger partial charge in [-0.1, -0.05) is 42.5 Å². The number of nitrogens with zero attached hydrogens (tertiary/aromatic N) is 2. The van der Waals surface area contributed by atoms with Crippen molar-refractivity contribution in [3.63, 3.8) is 0 Å². The predicted octanol–water partition coefficient (Wildman–Crippen LogP) is 5.15. The first-order valence-corrected chi connectivity index (χ1v) is 10.3. The average molecular weight is 397 g/mol. The van der Waals surface area contributed by atoms with E-state index in [0.29, 0.717) is 6.42 Å². The fourth-order valence-electron chi connectivity index (χ4n) is 3.96. The Morgan fingerprint density at radius 3 is 2.53 bits per heavy atom. The van der Waals surface area contributed by atoms with E-state index in [4.69, 9.17) is 9.73 Å². The zero-order chi connectivity index (χ0) is 20.3. The summed E-state index contributed by atoms with van der Waals surface area (Å²) in [5.74, 6) is 2.37. The smallest absolute Gasteiger partial charge is 0.228 e. The van der Waals surface area contributed by atoms with Crippen molar-refractivity contribution in [3.05, 3.63) is 83.9 Å². The fourth-order valence-corrected chi connectivity index (χ4v) is 3.96. The highest BCUT2D eigenvalue weighted by Crippen LogP contribution is 2.39. The first-order valence-electron chi connectivity index (χ1n) is 10.3. The second kappa shape index (κ2) is 8.03. The molecular formula is C25H23N3O2. The van der Waals surface area contributed by atoms with Crippen LogP contribution in [-0.2, 0) is 11.2 Å². The van der Waals surface area contributed by atoms with Crippen molar-refractivity contribution in [2.45, 2.75) is 19.3 Å². The number of anilines is 1. The predicted molar refractivity (Wildman–Crippen MR) is 119 cm³/mol. The number of amidine groups is 1. The molecule has 0 aliphatic carbocycles. The fraction of sp³-hybridized carbons (Fsp3) is 0.200. The van der Waals surface area contributed by atoms with E-state index < -0.39 is 0 Å². The van der Waals surface area contributed by atoms with Crippen molar-refractivity contribution in [2.24, 2.45) is 4.99 Å². The first kappa shape index (κ1) is 18.4. The van der Waals surface area contributed by atoms with Gasteiger partial charge in [0.2, 0.25) is 5.91 Å². The van der Waals surface area contributed by atoms with Gasteiger partial charge in [-0.3, -0.25) is 4.79 Å². The van der Waals surface area contributed by atoms with Crippen molar-refractivity contribution in [1.29, 1.82) is 0 Å². The van der Waals surface area contributed by atoms with Crippen LogP contribution in [-0.4, -0.2) is 29.7 Å². The van der Waals surface area contributed by atoms with E-state index in [1.165, 1.54) is 0 Å². The zero-order valence-corrected chi connectivity index (χ0v) is 16.7. The molecule has 1 N–H and O–H groups in total. The molecule has 30 heavy (non-hydrogen) atoms. The van der Waals surface area contributed by atoms with Crippen LogP contribution in [0.5, 0.6) is 11.5 Å². The molecule has 5 rings (SSSR count). The summed E-state index contributed by atoms with van der Waals surface area (Å²) in [5, 5.41) is 3.03. The quantitative estimate of drug-likeness (QED) is 0.665. The van der Waals surface area contributed by atoms with Crippen LogP contribution in [0, 0.1) is 0 Å². The highest BCUT2D eigenvalue weighted by atomic mass is 16.5. The summed E-state index contributed by atoms with van der Waals surface area (Å²) in [7, 11) is 0. The van der Waals surface area contributed by atoms with E-state index in [1.54, 1.807) is 0 Å². The normalized spacial score (nSPS) is 14.8. The highest BCUT2D eigenvalue weighted by Gasteiger charge is 2.25. The van der Waals surface area contributed by atoms with Crippen LogP contribution >= 0.6 is 0 Å². The van der Waals surface area contributed by atoms with Crippen LogP contribution in [0.4, 0.5) is 11.4 Å². The Kier molecular flexibility index (Phi) is 4.93. The summed E-state index contributed by atoms with van der Waals surface area (Å²) in [6.07, 6.45) is 2.65. The van der Waals surface area contributed by atoms with Gasteiger partial charge in [-0.05, 0) is 48.7 Å². The molecule has 5 nitrogen and oxygen atoms in total. The Morgan fingerprint density at radius 1 is 0.933 bits per heavy atom. The molecule has 3 aromatic rings. The molecule has 2 aliphatic heterocycles. The van der Waals surface area contributed by atoms with E-state index in [9.17, 15) is 4.79 Å². The molecule has 0 radical (unpaired) electrons. The number of likely N-dealkylation sites (tertiary alicyclic amines) is 1. The Labute approximate surface area is 176 Å². The van der Waals surface area contributed by atoms with Gasteiger partial charge in [-0.2, -0.15) is 0 Å². The minimum absolute atomic E-state index is 0.0429. The number of hydrogen-bond donors (Lipinski definition) is 1.